The number of nitrogens with one attached hydrogen (secondary N) is 1. The van der Waals surface area contributed by atoms with E-state index < -0.39 is 28.5 Å². The molecule has 0 spiro atoms. The molecule has 0 saturated carbocycles. The number of halogens is 3. The molecule has 4 aromatic rings. The Morgan fingerprint density at radius 1 is 0.872 bits per heavy atom. The molecular weight excluding hydrogens is 725 g/mol. The molecule has 47 heavy (non-hydrogen) atoms. The number of carbonyl (C=O) groups excluding carboxylic acids is 2. The lowest BCUT2D eigenvalue weighted by Crippen LogP contribution is -2.53. The summed E-state index contributed by atoms with van der Waals surface area (Å²) in [6.45, 7) is 3.86. The lowest BCUT2D eigenvalue weighted by molar-refractivity contribution is -0.140. The Morgan fingerprint density at radius 3 is 2.11 bits per heavy atom. The van der Waals surface area contributed by atoms with Gasteiger partial charge in [-0.25, -0.2) is 8.42 Å². The molecule has 4 rings (SSSR count). The van der Waals surface area contributed by atoms with Crippen molar-refractivity contribution in [2.75, 3.05) is 24.0 Å². The predicted octanol–water partition coefficient (Wildman–Crippen LogP) is 7.52. The van der Waals surface area contributed by atoms with Crippen molar-refractivity contribution < 1.29 is 22.7 Å². The molecule has 0 heterocycles. The first kappa shape index (κ1) is 36.3. The summed E-state index contributed by atoms with van der Waals surface area (Å²) in [6.07, 6.45) is 0.859. The van der Waals surface area contributed by atoms with E-state index in [-0.39, 0.29) is 29.5 Å². The van der Waals surface area contributed by atoms with Crippen molar-refractivity contribution in [1.82, 2.24) is 10.2 Å². The molecule has 8 nitrogen and oxygen atoms in total. The maximum Gasteiger partial charge on any atom is 0.264 e. The molecule has 1 atom stereocenters. The zero-order valence-corrected chi connectivity index (χ0v) is 29.9. The summed E-state index contributed by atoms with van der Waals surface area (Å²) in [5.74, 6) is -0.451. The van der Waals surface area contributed by atoms with Crippen molar-refractivity contribution in [2.24, 2.45) is 0 Å². The number of sulfonamides is 1. The summed E-state index contributed by atoms with van der Waals surface area (Å²) >= 11 is 16.5. The molecule has 0 aliphatic heterocycles. The summed E-state index contributed by atoms with van der Waals surface area (Å²) in [6, 6.07) is 25.9. The van der Waals surface area contributed by atoms with Crippen LogP contribution in [0.2, 0.25) is 10.0 Å². The van der Waals surface area contributed by atoms with Gasteiger partial charge >= 0.3 is 0 Å². The number of benzene rings is 4. The summed E-state index contributed by atoms with van der Waals surface area (Å²) in [4.78, 5) is 29.7. The van der Waals surface area contributed by atoms with E-state index in [2.05, 4.69) is 21.2 Å². The van der Waals surface area contributed by atoms with Crippen molar-refractivity contribution in [1.29, 1.82) is 0 Å². The molecule has 1 unspecified atom stereocenters. The molecule has 0 aromatic heterocycles. The molecule has 0 bridgehead atoms. The van der Waals surface area contributed by atoms with Crippen molar-refractivity contribution in [3.8, 4) is 5.75 Å². The van der Waals surface area contributed by atoms with Gasteiger partial charge in [-0.1, -0.05) is 82.5 Å². The summed E-state index contributed by atoms with van der Waals surface area (Å²) in [5.41, 5.74) is 1.50. The Kier molecular flexibility index (Phi) is 13.1. The highest BCUT2D eigenvalue weighted by molar-refractivity contribution is 9.10. The van der Waals surface area contributed by atoms with Crippen molar-refractivity contribution >= 4 is 66.7 Å². The number of anilines is 1. The van der Waals surface area contributed by atoms with Gasteiger partial charge in [-0.15, -0.1) is 0 Å². The van der Waals surface area contributed by atoms with Gasteiger partial charge < -0.3 is 15.0 Å². The zero-order chi connectivity index (χ0) is 34.0. The first-order valence-corrected chi connectivity index (χ1v) is 18.1. The lowest BCUT2D eigenvalue weighted by atomic mass is 10.0. The van der Waals surface area contributed by atoms with Crippen LogP contribution in [0.5, 0.6) is 5.75 Å². The number of nitrogens with zero attached hydrogens (tertiary/aromatic N) is 2. The number of rotatable bonds is 15. The van der Waals surface area contributed by atoms with Crippen molar-refractivity contribution in [2.45, 2.75) is 44.2 Å². The van der Waals surface area contributed by atoms with Crippen LogP contribution in [0.1, 0.15) is 31.4 Å². The molecule has 0 aliphatic rings. The highest BCUT2D eigenvalue weighted by atomic mass is 79.9. The normalized spacial score (nSPS) is 11.9. The van der Waals surface area contributed by atoms with E-state index >= 15 is 0 Å². The number of carbonyl (C=O) groups is 2. The fraction of sp³-hybridized carbons (Fsp3) is 0.257. The van der Waals surface area contributed by atoms with Crippen LogP contribution in [0.4, 0.5) is 5.69 Å². The number of amides is 2. The third kappa shape index (κ3) is 9.50. The molecule has 2 amide bonds. The largest absolute Gasteiger partial charge is 0.494 e. The highest BCUT2D eigenvalue weighted by Gasteiger charge is 2.35. The van der Waals surface area contributed by atoms with Crippen LogP contribution in [0.25, 0.3) is 0 Å². The smallest absolute Gasteiger partial charge is 0.264 e. The molecule has 12 heteroatoms. The van der Waals surface area contributed by atoms with E-state index in [1.807, 2.05) is 44.2 Å². The fourth-order valence-corrected chi connectivity index (χ4v) is 7.11. The van der Waals surface area contributed by atoms with Crippen LogP contribution >= 0.6 is 39.1 Å². The second-order valence-corrected chi connectivity index (χ2v) is 14.2. The first-order chi connectivity index (χ1) is 22.5. The first-order valence-electron chi connectivity index (χ1n) is 15.1. The van der Waals surface area contributed by atoms with E-state index in [0.29, 0.717) is 45.4 Å². The minimum absolute atomic E-state index is 0.00962. The molecule has 0 radical (unpaired) electrons. The average Bonchev–Trinajstić information content (AvgIpc) is 3.06. The second kappa shape index (κ2) is 17.0. The van der Waals surface area contributed by atoms with Gasteiger partial charge in [0.2, 0.25) is 11.8 Å². The van der Waals surface area contributed by atoms with Gasteiger partial charge in [0.15, 0.2) is 0 Å². The van der Waals surface area contributed by atoms with Crippen LogP contribution in [-0.4, -0.2) is 50.9 Å². The van der Waals surface area contributed by atoms with Crippen molar-refractivity contribution in [3.63, 3.8) is 0 Å². The summed E-state index contributed by atoms with van der Waals surface area (Å²) in [5, 5.41) is 3.55. The van der Waals surface area contributed by atoms with Gasteiger partial charge in [-0.05, 0) is 79.6 Å². The molecule has 0 aliphatic carbocycles. The Balaban J connectivity index is 1.83. The van der Waals surface area contributed by atoms with Gasteiger partial charge in [-0.2, -0.15) is 0 Å². The number of hydrogen-bond acceptors (Lipinski definition) is 5. The van der Waals surface area contributed by atoms with Crippen LogP contribution < -0.4 is 14.4 Å². The minimum atomic E-state index is -4.26. The SMILES string of the molecule is CCCNC(=O)C(Cc1ccccc1)N(Cc1c(Cl)cccc1Cl)C(=O)CN(c1ccc(OCC)cc1)S(=O)(=O)c1ccc(Br)cc1. The van der Waals surface area contributed by atoms with Gasteiger partial charge in [0.1, 0.15) is 18.3 Å². The third-order valence-corrected chi connectivity index (χ3v) is 10.4. The van der Waals surface area contributed by atoms with E-state index in [9.17, 15) is 18.0 Å². The number of ether oxygens (including phenoxy) is 1. The van der Waals surface area contributed by atoms with Crippen LogP contribution in [-0.2, 0) is 32.6 Å². The molecule has 4 aromatic carbocycles. The summed E-state index contributed by atoms with van der Waals surface area (Å²) < 4.78 is 35.7. The molecule has 0 saturated heterocycles. The van der Waals surface area contributed by atoms with E-state index in [4.69, 9.17) is 27.9 Å². The standard InChI is InChI=1S/C35H36BrCl2N3O5S/c1-3-21-39-35(43)33(22-25-9-6-5-7-10-25)40(23-30-31(37)11-8-12-32(30)38)34(42)24-41(27-15-17-28(18-16-27)46-4-2)47(44,45)29-19-13-26(36)14-20-29/h5-20,33H,3-4,21-24H2,1-2H3,(H,39,43). The highest BCUT2D eigenvalue weighted by Crippen LogP contribution is 2.30. The third-order valence-electron chi connectivity index (χ3n) is 7.33. The van der Waals surface area contributed by atoms with Gasteiger partial charge in [-0.3, -0.25) is 13.9 Å². The van der Waals surface area contributed by atoms with Gasteiger partial charge in [0.25, 0.3) is 10.0 Å². The Labute approximate surface area is 294 Å². The van der Waals surface area contributed by atoms with E-state index in [1.165, 1.54) is 17.0 Å². The number of hydrogen-bond donors (Lipinski definition) is 1. The topological polar surface area (TPSA) is 96.0 Å². The monoisotopic (exact) mass is 759 g/mol. The van der Waals surface area contributed by atoms with Crippen LogP contribution in [0, 0.1) is 0 Å². The molecule has 1 N–H and O–H groups in total. The van der Waals surface area contributed by atoms with Crippen molar-refractivity contribution in [3.05, 3.63) is 123 Å². The van der Waals surface area contributed by atoms with E-state index in [1.54, 1.807) is 54.6 Å². The fourth-order valence-electron chi connectivity index (χ4n) is 4.91. The zero-order valence-electron chi connectivity index (χ0n) is 26.0. The van der Waals surface area contributed by atoms with Gasteiger partial charge in [0, 0.05) is 39.6 Å². The average molecular weight is 762 g/mol. The molecule has 248 valence electrons. The molecule has 0 fully saturated rings. The summed E-state index contributed by atoms with van der Waals surface area (Å²) in [7, 11) is -4.26. The maximum absolute atomic E-state index is 14.6. The molecular formula is C35H36BrCl2N3O5S. The van der Waals surface area contributed by atoms with Crippen LogP contribution in [0.15, 0.2) is 106 Å². The Morgan fingerprint density at radius 2 is 1.51 bits per heavy atom. The Hall–Kier alpha value is -3.57. The van der Waals surface area contributed by atoms with Crippen LogP contribution in [0.3, 0.4) is 0 Å². The lowest BCUT2D eigenvalue weighted by Gasteiger charge is -2.34. The quantitative estimate of drug-likeness (QED) is 0.135. The second-order valence-electron chi connectivity index (χ2n) is 10.6. The maximum atomic E-state index is 14.6. The minimum Gasteiger partial charge on any atom is -0.494 e. The van der Waals surface area contributed by atoms with Gasteiger partial charge in [0.05, 0.1) is 17.2 Å². The van der Waals surface area contributed by atoms with E-state index in [0.717, 1.165) is 9.87 Å². The predicted molar refractivity (Wildman–Crippen MR) is 191 cm³/mol. The Bertz CT molecular complexity index is 1740.